The molecule has 220 valence electrons. The molecule has 1 saturated carbocycles. The van der Waals surface area contributed by atoms with Crippen molar-refractivity contribution in [3.8, 4) is 22.4 Å². The quantitative estimate of drug-likeness (QED) is 0.235. The maximum absolute atomic E-state index is 14.3. The van der Waals surface area contributed by atoms with E-state index in [2.05, 4.69) is 44.5 Å². The summed E-state index contributed by atoms with van der Waals surface area (Å²) in [5.41, 5.74) is 6.83. The van der Waals surface area contributed by atoms with Crippen LogP contribution in [0.4, 0.5) is 11.6 Å². The molecule has 3 aromatic heterocycles. The average Bonchev–Trinajstić information content (AvgIpc) is 3.77. The molecular weight excluding hydrogens is 540 g/mol. The largest absolute Gasteiger partial charge is 0.451 e. The van der Waals surface area contributed by atoms with E-state index in [9.17, 15) is 4.79 Å². The number of rotatable bonds is 8. The van der Waals surface area contributed by atoms with Gasteiger partial charge in [-0.05, 0) is 61.1 Å². The zero-order valence-electron chi connectivity index (χ0n) is 24.5. The number of morpholine rings is 1. The van der Waals surface area contributed by atoms with E-state index in [-0.39, 0.29) is 5.56 Å². The summed E-state index contributed by atoms with van der Waals surface area (Å²) in [6, 6.07) is 16.5. The van der Waals surface area contributed by atoms with E-state index in [4.69, 9.17) is 14.1 Å². The Kier molecular flexibility index (Phi) is 7.74. The van der Waals surface area contributed by atoms with Gasteiger partial charge in [-0.15, -0.1) is 0 Å². The van der Waals surface area contributed by atoms with Crippen LogP contribution in [-0.4, -0.2) is 57.3 Å². The Morgan fingerprint density at radius 3 is 2.51 bits per heavy atom. The van der Waals surface area contributed by atoms with Crippen molar-refractivity contribution in [1.82, 2.24) is 24.4 Å². The van der Waals surface area contributed by atoms with Crippen LogP contribution in [0.2, 0.25) is 0 Å². The molecule has 2 fully saturated rings. The third kappa shape index (κ3) is 5.83. The molecule has 7 rings (SSSR count). The topological polar surface area (TPSA) is 98.3 Å². The van der Waals surface area contributed by atoms with Crippen LogP contribution in [0.3, 0.4) is 0 Å². The molecular formula is C34H36N6O3. The second-order valence-corrected chi connectivity index (χ2v) is 11.6. The normalized spacial score (nSPS) is 16.2. The van der Waals surface area contributed by atoms with Gasteiger partial charge in [-0.2, -0.15) is 4.98 Å². The molecule has 43 heavy (non-hydrogen) atoms. The van der Waals surface area contributed by atoms with Crippen molar-refractivity contribution in [2.75, 3.05) is 38.2 Å². The van der Waals surface area contributed by atoms with Crippen molar-refractivity contribution in [3.63, 3.8) is 0 Å². The monoisotopic (exact) mass is 576 g/mol. The number of oxazole rings is 1. The van der Waals surface area contributed by atoms with Crippen LogP contribution in [0.5, 0.6) is 0 Å². The first kappa shape index (κ1) is 27.5. The highest BCUT2D eigenvalue weighted by molar-refractivity contribution is 5.87. The Bertz CT molecular complexity index is 1770. The van der Waals surface area contributed by atoms with Crippen molar-refractivity contribution < 1.29 is 9.15 Å². The maximum atomic E-state index is 14.3. The number of benzene rings is 2. The number of ether oxygens (including phenoxy) is 1. The minimum atomic E-state index is -0.0973. The van der Waals surface area contributed by atoms with Crippen molar-refractivity contribution in [1.29, 1.82) is 0 Å². The van der Waals surface area contributed by atoms with Crippen LogP contribution < -0.4 is 10.9 Å². The van der Waals surface area contributed by atoms with E-state index in [1.54, 1.807) is 17.0 Å². The number of aromatic nitrogens is 4. The van der Waals surface area contributed by atoms with Crippen molar-refractivity contribution >= 4 is 22.7 Å². The first-order valence-electron chi connectivity index (χ1n) is 15.2. The Hall–Kier alpha value is -4.34. The summed E-state index contributed by atoms with van der Waals surface area (Å²) < 4.78 is 12.6. The first-order valence-corrected chi connectivity index (χ1v) is 15.2. The van der Waals surface area contributed by atoms with Crippen LogP contribution in [0, 0.1) is 6.92 Å². The van der Waals surface area contributed by atoms with Crippen LogP contribution in [0.15, 0.2) is 76.6 Å². The minimum absolute atomic E-state index is 0.0973. The summed E-state index contributed by atoms with van der Waals surface area (Å²) in [6.45, 7) is 6.35. The summed E-state index contributed by atoms with van der Waals surface area (Å²) in [5, 5.41) is 4.16. The average molecular weight is 577 g/mol. The van der Waals surface area contributed by atoms with E-state index >= 15 is 0 Å². The van der Waals surface area contributed by atoms with Gasteiger partial charge in [0.2, 0.25) is 5.95 Å². The molecule has 2 aliphatic rings. The summed E-state index contributed by atoms with van der Waals surface area (Å²) in [5.74, 6) is 1.13. The minimum Gasteiger partial charge on any atom is -0.451 e. The number of aryl methyl sites for hydroxylation is 1. The van der Waals surface area contributed by atoms with Crippen LogP contribution in [-0.2, 0) is 11.3 Å². The number of hydrogen-bond acceptors (Lipinski definition) is 8. The van der Waals surface area contributed by atoms with Gasteiger partial charge >= 0.3 is 0 Å². The van der Waals surface area contributed by atoms with Gasteiger partial charge in [0.15, 0.2) is 6.39 Å². The fourth-order valence-electron chi connectivity index (χ4n) is 6.36. The molecule has 1 aliphatic heterocycles. The van der Waals surface area contributed by atoms with E-state index < -0.39 is 0 Å². The third-order valence-electron chi connectivity index (χ3n) is 8.74. The number of anilines is 2. The van der Waals surface area contributed by atoms with Crippen molar-refractivity contribution in [3.05, 3.63) is 88.9 Å². The number of fused-ring (bicyclic) bond motifs is 1. The lowest BCUT2D eigenvalue weighted by Crippen LogP contribution is -2.39. The molecule has 1 saturated heterocycles. The molecule has 0 spiro atoms. The molecule has 0 unspecified atom stereocenters. The highest BCUT2D eigenvalue weighted by Crippen LogP contribution is 2.35. The Morgan fingerprint density at radius 1 is 0.930 bits per heavy atom. The van der Waals surface area contributed by atoms with Gasteiger partial charge in [0.1, 0.15) is 17.6 Å². The molecule has 9 heteroatoms. The molecule has 4 heterocycles. The summed E-state index contributed by atoms with van der Waals surface area (Å²) in [4.78, 5) is 30.5. The molecule has 0 radical (unpaired) electrons. The highest BCUT2D eigenvalue weighted by atomic mass is 16.5. The lowest BCUT2D eigenvalue weighted by molar-refractivity contribution is 0.0364. The molecule has 9 nitrogen and oxygen atoms in total. The van der Waals surface area contributed by atoms with Crippen molar-refractivity contribution in [2.45, 2.75) is 45.1 Å². The van der Waals surface area contributed by atoms with E-state index in [0.717, 1.165) is 47.4 Å². The predicted molar refractivity (Wildman–Crippen MR) is 168 cm³/mol. The van der Waals surface area contributed by atoms with Gasteiger partial charge in [-0.3, -0.25) is 14.3 Å². The lowest BCUT2D eigenvalue weighted by atomic mass is 9.96. The van der Waals surface area contributed by atoms with Gasteiger partial charge in [0.25, 0.3) is 5.56 Å². The number of nitrogens with zero attached hydrogens (tertiary/aromatic N) is 5. The fraction of sp³-hybridized carbons (Fsp3) is 0.353. The molecule has 0 bridgehead atoms. The second kappa shape index (κ2) is 12.1. The standard InChI is InChI=1S/C34H36N6O3/c1-23-6-11-28(29(18-23)31-21-43-22-36-31)30-19-26-20-35-34(37-27-9-7-25(8-10-27)24-4-2-3-5-24)38-32(26)40(33(30)41)13-12-39-14-16-42-17-15-39/h6-11,18-22,24H,2-5,12-17H2,1H3,(H,35,37,38). The van der Waals surface area contributed by atoms with Gasteiger partial charge in [0.05, 0.1) is 13.2 Å². The molecule has 1 aliphatic carbocycles. The molecule has 5 aromatic rings. The Morgan fingerprint density at radius 2 is 1.74 bits per heavy atom. The summed E-state index contributed by atoms with van der Waals surface area (Å²) in [7, 11) is 0. The zero-order valence-corrected chi connectivity index (χ0v) is 24.5. The van der Waals surface area contributed by atoms with Gasteiger partial charge in [0, 0.05) is 54.6 Å². The van der Waals surface area contributed by atoms with E-state index in [0.29, 0.717) is 48.5 Å². The van der Waals surface area contributed by atoms with E-state index in [1.807, 2.05) is 31.2 Å². The van der Waals surface area contributed by atoms with Gasteiger partial charge < -0.3 is 14.5 Å². The fourth-order valence-corrected chi connectivity index (χ4v) is 6.36. The Labute approximate surface area is 250 Å². The van der Waals surface area contributed by atoms with Crippen molar-refractivity contribution in [2.24, 2.45) is 0 Å². The molecule has 0 atom stereocenters. The molecule has 0 amide bonds. The van der Waals surface area contributed by atoms with Crippen LogP contribution in [0.25, 0.3) is 33.4 Å². The zero-order chi connectivity index (χ0) is 29.2. The third-order valence-corrected chi connectivity index (χ3v) is 8.74. The van der Waals surface area contributed by atoms with Gasteiger partial charge in [-0.1, -0.05) is 42.7 Å². The number of nitrogens with one attached hydrogen (secondary N) is 1. The lowest BCUT2D eigenvalue weighted by Gasteiger charge is -2.27. The smallest absolute Gasteiger partial charge is 0.260 e. The second-order valence-electron chi connectivity index (χ2n) is 11.6. The van der Waals surface area contributed by atoms with Crippen LogP contribution >= 0.6 is 0 Å². The molecule has 2 aromatic carbocycles. The summed E-state index contributed by atoms with van der Waals surface area (Å²) in [6.07, 6.45) is 9.99. The number of hydrogen-bond donors (Lipinski definition) is 1. The van der Waals surface area contributed by atoms with E-state index in [1.165, 1.54) is 37.6 Å². The summed E-state index contributed by atoms with van der Waals surface area (Å²) >= 11 is 0. The Balaban J connectivity index is 1.27. The van der Waals surface area contributed by atoms with Crippen LogP contribution in [0.1, 0.15) is 42.7 Å². The first-order chi connectivity index (χ1) is 21.1. The SMILES string of the molecule is Cc1ccc(-c2cc3cnc(Nc4ccc(C5CCCC5)cc4)nc3n(CCN3CCOCC3)c2=O)c(-c2cocn2)c1. The highest BCUT2D eigenvalue weighted by Gasteiger charge is 2.20. The number of pyridine rings is 1. The van der Waals surface area contributed by atoms with Gasteiger partial charge in [-0.25, -0.2) is 9.97 Å². The molecule has 1 N–H and O–H groups in total. The predicted octanol–water partition coefficient (Wildman–Crippen LogP) is 6.16. The maximum Gasteiger partial charge on any atom is 0.260 e.